The fourth-order valence-electron chi connectivity index (χ4n) is 2.78. The lowest BCUT2D eigenvalue weighted by atomic mass is 10.1. The van der Waals surface area contributed by atoms with Gasteiger partial charge in [0.15, 0.2) is 5.78 Å². The van der Waals surface area contributed by atoms with Crippen LogP contribution in [0.3, 0.4) is 0 Å². The number of urea groups is 1. The van der Waals surface area contributed by atoms with Gasteiger partial charge in [0.1, 0.15) is 0 Å². The quantitative estimate of drug-likeness (QED) is 0.317. The minimum absolute atomic E-state index is 0.370. The molecule has 0 bridgehead atoms. The third-order valence-electron chi connectivity index (χ3n) is 4.16. The number of methoxy groups -OCH3 is 1. The molecule has 1 aliphatic heterocycles. The van der Waals surface area contributed by atoms with E-state index in [9.17, 15) is 19.2 Å². The summed E-state index contributed by atoms with van der Waals surface area (Å²) >= 11 is 0. The van der Waals surface area contributed by atoms with Crippen LogP contribution < -0.4 is 0 Å². The fraction of sp³-hybridized carbons (Fsp3) is 0.500. The van der Waals surface area contributed by atoms with E-state index in [-0.39, 0.29) is 5.78 Å². The number of aryl methyl sites for hydroxylation is 1. The maximum atomic E-state index is 12.5. The molecule has 0 radical (unpaired) electrons. The molecule has 0 saturated carbocycles. The Balaban J connectivity index is 2.16. The predicted octanol–water partition coefficient (Wildman–Crippen LogP) is 0.745. The zero-order valence-electron chi connectivity index (χ0n) is 14.3. The van der Waals surface area contributed by atoms with Crippen molar-refractivity contribution in [2.24, 2.45) is 0 Å². The molecule has 4 amide bonds. The van der Waals surface area contributed by atoms with E-state index in [1.54, 1.807) is 13.2 Å². The molecule has 24 heavy (non-hydrogen) atoms. The largest absolute Gasteiger partial charge is 0.385 e. The molecule has 1 aromatic rings. The van der Waals surface area contributed by atoms with E-state index in [0.717, 1.165) is 17.8 Å². The fourth-order valence-corrected chi connectivity index (χ4v) is 2.78. The Bertz CT molecular complexity index is 707. The minimum Gasteiger partial charge on any atom is -0.385 e. The van der Waals surface area contributed by atoms with Gasteiger partial charge in [-0.05, 0) is 26.3 Å². The zero-order chi connectivity index (χ0) is 18.0. The molecule has 1 aromatic heterocycles. The summed E-state index contributed by atoms with van der Waals surface area (Å²) in [7, 11) is 2.85. The number of nitrogens with zero attached hydrogens (tertiary/aromatic N) is 3. The number of hydrogen-bond acceptors (Lipinski definition) is 5. The van der Waals surface area contributed by atoms with Crippen LogP contribution >= 0.6 is 0 Å². The topological polar surface area (TPSA) is 88.9 Å². The van der Waals surface area contributed by atoms with Crippen LogP contribution in [0.1, 0.15) is 28.2 Å². The molecule has 8 heteroatoms. The molecule has 1 saturated heterocycles. The standard InChI is InChI=1S/C16H21N3O5/c1-10-8-12(11(2)18(10)6-5-7-24-4)13(20)9-19-15(22)14(21)17(3)16(19)23/h8H,5-7,9H2,1-4H3. The van der Waals surface area contributed by atoms with E-state index in [2.05, 4.69) is 0 Å². The van der Waals surface area contributed by atoms with Gasteiger partial charge in [-0.15, -0.1) is 0 Å². The van der Waals surface area contributed by atoms with E-state index in [0.29, 0.717) is 28.5 Å². The van der Waals surface area contributed by atoms with Crippen LogP contribution in [0, 0.1) is 13.8 Å². The van der Waals surface area contributed by atoms with Gasteiger partial charge in [0.05, 0.1) is 6.54 Å². The number of carbonyl (C=O) groups is 4. The molecule has 1 fully saturated rings. The zero-order valence-corrected chi connectivity index (χ0v) is 14.3. The Morgan fingerprint density at radius 1 is 1.17 bits per heavy atom. The van der Waals surface area contributed by atoms with Gasteiger partial charge in [-0.1, -0.05) is 0 Å². The molecule has 0 spiro atoms. The van der Waals surface area contributed by atoms with E-state index < -0.39 is 24.4 Å². The van der Waals surface area contributed by atoms with Crippen molar-refractivity contribution in [1.29, 1.82) is 0 Å². The number of aromatic nitrogens is 1. The lowest BCUT2D eigenvalue weighted by Crippen LogP contribution is -2.36. The maximum Gasteiger partial charge on any atom is 0.334 e. The monoisotopic (exact) mass is 335 g/mol. The third kappa shape index (κ3) is 3.09. The highest BCUT2D eigenvalue weighted by molar-refractivity contribution is 6.45. The maximum absolute atomic E-state index is 12.5. The molecule has 2 rings (SSSR count). The number of amides is 4. The van der Waals surface area contributed by atoms with Gasteiger partial charge in [-0.25, -0.2) is 9.69 Å². The van der Waals surface area contributed by atoms with Gasteiger partial charge in [-0.2, -0.15) is 0 Å². The van der Waals surface area contributed by atoms with E-state index in [4.69, 9.17) is 4.74 Å². The average Bonchev–Trinajstić information content (AvgIpc) is 2.93. The van der Waals surface area contributed by atoms with Crippen molar-refractivity contribution in [3.8, 4) is 0 Å². The molecule has 2 heterocycles. The van der Waals surface area contributed by atoms with Crippen molar-refractivity contribution in [2.75, 3.05) is 27.3 Å². The molecule has 0 aromatic carbocycles. The van der Waals surface area contributed by atoms with Crippen LogP contribution in [0.15, 0.2) is 6.07 Å². The first-order chi connectivity index (χ1) is 11.3. The molecule has 8 nitrogen and oxygen atoms in total. The second-order valence-electron chi connectivity index (χ2n) is 5.74. The second kappa shape index (κ2) is 6.96. The van der Waals surface area contributed by atoms with Gasteiger partial charge in [0, 0.05) is 44.3 Å². The Kier molecular flexibility index (Phi) is 5.18. The van der Waals surface area contributed by atoms with Crippen LogP contribution in [-0.2, 0) is 20.9 Å². The van der Waals surface area contributed by atoms with E-state index in [1.165, 1.54) is 7.05 Å². The highest BCUT2D eigenvalue weighted by Gasteiger charge is 2.43. The molecule has 0 N–H and O–H groups in total. The average molecular weight is 335 g/mol. The first kappa shape index (κ1) is 17.9. The lowest BCUT2D eigenvalue weighted by molar-refractivity contribution is -0.142. The molecule has 1 aliphatic rings. The first-order valence-corrected chi connectivity index (χ1v) is 7.62. The summed E-state index contributed by atoms with van der Waals surface area (Å²) in [5.41, 5.74) is 2.14. The van der Waals surface area contributed by atoms with E-state index >= 15 is 0 Å². The molecular weight excluding hydrogens is 314 g/mol. The molecule has 130 valence electrons. The van der Waals surface area contributed by atoms with Gasteiger partial charge in [0.2, 0.25) is 0 Å². The number of carbonyl (C=O) groups excluding carboxylic acids is 4. The predicted molar refractivity (Wildman–Crippen MR) is 84.6 cm³/mol. The summed E-state index contributed by atoms with van der Waals surface area (Å²) in [6.07, 6.45) is 0.808. The van der Waals surface area contributed by atoms with Crippen LogP contribution in [0.4, 0.5) is 4.79 Å². The van der Waals surface area contributed by atoms with E-state index in [1.807, 2.05) is 18.4 Å². The number of imide groups is 2. The number of Topliss-reactive ketones (excluding diaryl/α,β-unsaturated/α-hetero) is 1. The summed E-state index contributed by atoms with van der Waals surface area (Å²) in [6, 6.07) is 0.966. The van der Waals surface area contributed by atoms with Crippen molar-refractivity contribution in [3.05, 3.63) is 23.0 Å². The number of ketones is 1. The van der Waals surface area contributed by atoms with Crippen molar-refractivity contribution in [1.82, 2.24) is 14.4 Å². The molecule has 0 unspecified atom stereocenters. The van der Waals surface area contributed by atoms with Crippen molar-refractivity contribution >= 4 is 23.6 Å². The summed E-state index contributed by atoms with van der Waals surface area (Å²) in [4.78, 5) is 49.0. The van der Waals surface area contributed by atoms with Crippen LogP contribution in [-0.4, -0.2) is 65.3 Å². The highest BCUT2D eigenvalue weighted by atomic mass is 16.5. The number of hydrogen-bond donors (Lipinski definition) is 0. The second-order valence-corrected chi connectivity index (χ2v) is 5.74. The Morgan fingerprint density at radius 2 is 1.83 bits per heavy atom. The smallest absolute Gasteiger partial charge is 0.334 e. The van der Waals surface area contributed by atoms with Crippen molar-refractivity contribution in [3.63, 3.8) is 0 Å². The first-order valence-electron chi connectivity index (χ1n) is 7.62. The molecular formula is C16H21N3O5. The van der Waals surface area contributed by atoms with Gasteiger partial charge in [-0.3, -0.25) is 19.3 Å². The Morgan fingerprint density at radius 3 is 2.38 bits per heavy atom. The van der Waals surface area contributed by atoms with Crippen LogP contribution in [0.25, 0.3) is 0 Å². The Hall–Kier alpha value is -2.48. The van der Waals surface area contributed by atoms with Gasteiger partial charge >= 0.3 is 17.8 Å². The van der Waals surface area contributed by atoms with Crippen molar-refractivity contribution < 1.29 is 23.9 Å². The normalized spacial score (nSPS) is 14.9. The summed E-state index contributed by atoms with van der Waals surface area (Å²) in [5, 5.41) is 0. The number of likely N-dealkylation sites (N-methyl/N-ethyl adjacent to an activating group) is 1. The summed E-state index contributed by atoms with van der Waals surface area (Å²) in [6.45, 7) is 4.60. The van der Waals surface area contributed by atoms with Crippen LogP contribution in [0.2, 0.25) is 0 Å². The number of ether oxygens (including phenoxy) is 1. The molecule has 0 aliphatic carbocycles. The van der Waals surface area contributed by atoms with Gasteiger partial charge < -0.3 is 9.30 Å². The summed E-state index contributed by atoms with van der Waals surface area (Å²) in [5.74, 6) is -2.26. The van der Waals surface area contributed by atoms with Crippen LogP contribution in [0.5, 0.6) is 0 Å². The minimum atomic E-state index is -0.968. The lowest BCUT2D eigenvalue weighted by Gasteiger charge is -2.12. The van der Waals surface area contributed by atoms with Crippen molar-refractivity contribution in [2.45, 2.75) is 26.8 Å². The highest BCUT2D eigenvalue weighted by Crippen LogP contribution is 2.18. The SMILES string of the molecule is COCCCn1c(C)cc(C(=O)CN2C(=O)C(=O)N(C)C2=O)c1C. The van der Waals surface area contributed by atoms with Gasteiger partial charge in [0.25, 0.3) is 0 Å². The third-order valence-corrected chi connectivity index (χ3v) is 4.16. The Labute approximate surface area is 140 Å². The molecule has 0 atom stereocenters. The number of rotatable bonds is 7. The summed E-state index contributed by atoms with van der Waals surface area (Å²) < 4.78 is 7.03.